The molecule has 4 heteroatoms. The van der Waals surface area contributed by atoms with Gasteiger partial charge in [0.15, 0.2) is 0 Å². The second kappa shape index (κ2) is 6.19. The Morgan fingerprint density at radius 2 is 1.87 bits per heavy atom. The van der Waals surface area contributed by atoms with Gasteiger partial charge in [0.25, 0.3) is 0 Å². The maximum absolute atomic E-state index is 4.79. The van der Waals surface area contributed by atoms with Crippen LogP contribution in [0.25, 0.3) is 0 Å². The number of nitrogens with zero attached hydrogens (tertiary/aromatic N) is 3. The van der Waals surface area contributed by atoms with Crippen LogP contribution < -0.4 is 10.2 Å². The largest absolute Gasteiger partial charge is 0.351 e. The van der Waals surface area contributed by atoms with Crippen molar-refractivity contribution in [1.82, 2.24) is 9.97 Å². The Morgan fingerprint density at radius 1 is 1.09 bits per heavy atom. The third-order valence-electron chi connectivity index (χ3n) is 5.13. The average Bonchev–Trinajstić information content (AvgIpc) is 3.07. The Kier molecular flexibility index (Phi) is 3.90. The molecule has 0 radical (unpaired) electrons. The van der Waals surface area contributed by atoms with Gasteiger partial charge in [-0.05, 0) is 43.4 Å². The zero-order valence-corrected chi connectivity index (χ0v) is 13.7. The minimum absolute atomic E-state index is 0.458. The number of benzene rings is 1. The molecule has 1 aliphatic carbocycles. The van der Waals surface area contributed by atoms with Crippen LogP contribution in [0.3, 0.4) is 0 Å². The summed E-state index contributed by atoms with van der Waals surface area (Å²) in [4.78, 5) is 11.6. The molecule has 2 aromatic rings. The van der Waals surface area contributed by atoms with Gasteiger partial charge in [-0.1, -0.05) is 37.1 Å². The van der Waals surface area contributed by atoms with Gasteiger partial charge >= 0.3 is 0 Å². The predicted octanol–water partition coefficient (Wildman–Crippen LogP) is 3.78. The highest BCUT2D eigenvalue weighted by atomic mass is 15.2. The Labute approximate surface area is 138 Å². The summed E-state index contributed by atoms with van der Waals surface area (Å²) < 4.78 is 0. The molecule has 2 heterocycles. The average molecular weight is 308 g/mol. The monoisotopic (exact) mass is 308 g/mol. The predicted molar refractivity (Wildman–Crippen MR) is 93.7 cm³/mol. The molecule has 1 atom stereocenters. The minimum Gasteiger partial charge on any atom is -0.351 e. The molecule has 0 saturated heterocycles. The molecular weight excluding hydrogens is 284 g/mol. The van der Waals surface area contributed by atoms with E-state index >= 15 is 0 Å². The van der Waals surface area contributed by atoms with Crippen molar-refractivity contribution in [3.63, 3.8) is 0 Å². The maximum Gasteiger partial charge on any atom is 0.224 e. The van der Waals surface area contributed by atoms with Gasteiger partial charge in [0.1, 0.15) is 5.82 Å². The van der Waals surface area contributed by atoms with Crippen LogP contribution in [0.15, 0.2) is 36.5 Å². The van der Waals surface area contributed by atoms with Crippen LogP contribution in [0, 0.1) is 0 Å². The molecular formula is C19H24N4. The molecule has 4 rings (SSSR count). The van der Waals surface area contributed by atoms with Gasteiger partial charge in [-0.15, -0.1) is 0 Å². The van der Waals surface area contributed by atoms with Gasteiger partial charge in [0.2, 0.25) is 5.95 Å². The number of nitrogens with one attached hydrogen (secondary N) is 1. The summed E-state index contributed by atoms with van der Waals surface area (Å²) >= 11 is 0. The zero-order valence-electron chi connectivity index (χ0n) is 13.7. The highest BCUT2D eigenvalue weighted by Gasteiger charge is 2.24. The van der Waals surface area contributed by atoms with Crippen LogP contribution in [0.2, 0.25) is 0 Å². The fourth-order valence-electron chi connectivity index (χ4n) is 3.82. The molecule has 1 fully saturated rings. The summed E-state index contributed by atoms with van der Waals surface area (Å²) in [6, 6.07) is 11.8. The lowest BCUT2D eigenvalue weighted by atomic mass is 9.95. The first kappa shape index (κ1) is 14.5. The van der Waals surface area contributed by atoms with E-state index in [1.165, 1.54) is 36.8 Å². The summed E-state index contributed by atoms with van der Waals surface area (Å²) in [5.41, 5.74) is 2.88. The van der Waals surface area contributed by atoms with Crippen molar-refractivity contribution in [1.29, 1.82) is 0 Å². The number of hydrogen-bond donors (Lipinski definition) is 1. The van der Waals surface area contributed by atoms with E-state index in [0.29, 0.717) is 12.1 Å². The van der Waals surface area contributed by atoms with Gasteiger partial charge in [-0.2, -0.15) is 4.98 Å². The summed E-state index contributed by atoms with van der Waals surface area (Å²) in [6.45, 7) is 3.21. The summed E-state index contributed by atoms with van der Waals surface area (Å²) in [5, 5.41) is 3.51. The summed E-state index contributed by atoms with van der Waals surface area (Å²) in [7, 11) is 0. The van der Waals surface area contributed by atoms with E-state index < -0.39 is 0 Å². The number of rotatable bonds is 3. The quantitative estimate of drug-likeness (QED) is 0.937. The third-order valence-corrected chi connectivity index (χ3v) is 5.13. The van der Waals surface area contributed by atoms with Gasteiger partial charge in [0.05, 0.1) is 0 Å². The number of anilines is 2. The van der Waals surface area contributed by atoms with E-state index in [1.807, 2.05) is 12.3 Å². The molecule has 120 valence electrons. The van der Waals surface area contributed by atoms with Crippen molar-refractivity contribution in [2.24, 2.45) is 0 Å². The topological polar surface area (TPSA) is 41.1 Å². The van der Waals surface area contributed by atoms with E-state index in [0.717, 1.165) is 24.7 Å². The van der Waals surface area contributed by atoms with Crippen LogP contribution >= 0.6 is 0 Å². The van der Waals surface area contributed by atoms with E-state index in [9.17, 15) is 0 Å². The van der Waals surface area contributed by atoms with Crippen molar-refractivity contribution < 1.29 is 0 Å². The summed E-state index contributed by atoms with van der Waals surface area (Å²) in [6.07, 6.45) is 8.06. The van der Waals surface area contributed by atoms with Crippen molar-refractivity contribution in [2.75, 3.05) is 10.2 Å². The van der Waals surface area contributed by atoms with Crippen molar-refractivity contribution in [3.8, 4) is 0 Å². The first-order valence-electron chi connectivity index (χ1n) is 8.72. The van der Waals surface area contributed by atoms with Crippen molar-refractivity contribution in [3.05, 3.63) is 47.7 Å². The molecule has 1 saturated carbocycles. The van der Waals surface area contributed by atoms with Gasteiger partial charge < -0.3 is 10.2 Å². The smallest absolute Gasteiger partial charge is 0.224 e. The Morgan fingerprint density at radius 3 is 2.70 bits per heavy atom. The van der Waals surface area contributed by atoms with Crippen LogP contribution in [-0.2, 0) is 13.0 Å². The number of hydrogen-bond acceptors (Lipinski definition) is 4. The molecule has 2 aliphatic rings. The molecule has 1 aromatic carbocycles. The lowest BCUT2D eigenvalue weighted by Crippen LogP contribution is -2.39. The van der Waals surface area contributed by atoms with Crippen LogP contribution in [0.5, 0.6) is 0 Å². The van der Waals surface area contributed by atoms with Crippen LogP contribution in [-0.4, -0.2) is 22.1 Å². The molecule has 0 amide bonds. The highest BCUT2D eigenvalue weighted by molar-refractivity contribution is 5.48. The maximum atomic E-state index is 4.79. The second-order valence-electron chi connectivity index (χ2n) is 6.81. The van der Waals surface area contributed by atoms with E-state index in [-0.39, 0.29) is 0 Å². The van der Waals surface area contributed by atoms with Gasteiger partial charge in [0, 0.05) is 24.8 Å². The Hall–Kier alpha value is -2.10. The first-order valence-corrected chi connectivity index (χ1v) is 8.72. The first-order chi connectivity index (χ1) is 11.3. The molecule has 1 aromatic heterocycles. The fraction of sp³-hybridized carbons (Fsp3) is 0.474. The van der Waals surface area contributed by atoms with Crippen molar-refractivity contribution >= 4 is 11.8 Å². The normalized spacial score (nSPS) is 21.3. The minimum atomic E-state index is 0.458. The van der Waals surface area contributed by atoms with E-state index in [1.54, 1.807) is 0 Å². The lowest BCUT2D eigenvalue weighted by Gasteiger charge is -2.36. The zero-order chi connectivity index (χ0) is 15.6. The highest BCUT2D eigenvalue weighted by Crippen LogP contribution is 2.28. The molecule has 1 aliphatic heterocycles. The molecule has 0 spiro atoms. The molecule has 0 bridgehead atoms. The van der Waals surface area contributed by atoms with Crippen LogP contribution in [0.4, 0.5) is 11.8 Å². The summed E-state index contributed by atoms with van der Waals surface area (Å²) in [5.74, 6) is 1.81. The van der Waals surface area contributed by atoms with Crippen molar-refractivity contribution in [2.45, 2.75) is 57.7 Å². The third kappa shape index (κ3) is 3.03. The van der Waals surface area contributed by atoms with Crippen LogP contribution in [0.1, 0.15) is 43.7 Å². The van der Waals surface area contributed by atoms with E-state index in [4.69, 9.17) is 4.98 Å². The van der Waals surface area contributed by atoms with Gasteiger partial charge in [-0.3, -0.25) is 0 Å². The van der Waals surface area contributed by atoms with Gasteiger partial charge in [-0.25, -0.2) is 4.98 Å². The Balaban J connectivity index is 1.55. The fourth-order valence-corrected chi connectivity index (χ4v) is 3.82. The number of aromatic nitrogens is 2. The second-order valence-corrected chi connectivity index (χ2v) is 6.81. The Bertz CT molecular complexity index is 679. The SMILES string of the molecule is C[C@@H]1Cc2ccccc2CN1c1ccnc(NC2CCCC2)n1. The molecule has 1 N–H and O–H groups in total. The molecule has 23 heavy (non-hydrogen) atoms. The van der Waals surface area contributed by atoms with E-state index in [2.05, 4.69) is 46.4 Å². The molecule has 4 nitrogen and oxygen atoms in total. The number of fused-ring (bicyclic) bond motifs is 1. The molecule has 0 unspecified atom stereocenters. The lowest BCUT2D eigenvalue weighted by molar-refractivity contribution is 0.586. The standard InChI is InChI=1S/C19H24N4/c1-14-12-15-6-2-3-7-16(15)13-23(14)18-10-11-20-19(22-18)21-17-8-4-5-9-17/h2-3,6-7,10-11,14,17H,4-5,8-9,12-13H2,1H3,(H,20,21,22)/t14-/m1/s1.